The van der Waals surface area contributed by atoms with Crippen LogP contribution in [0.4, 0.5) is 13.2 Å². The van der Waals surface area contributed by atoms with Gasteiger partial charge in [0, 0.05) is 15.6 Å². The molecule has 1 unspecified atom stereocenters. The van der Waals surface area contributed by atoms with Crippen LogP contribution in [0.2, 0.25) is 10.0 Å². The minimum Gasteiger partial charge on any atom is -0.367 e. The lowest BCUT2D eigenvalue weighted by atomic mass is 10.1. The maximum Gasteiger partial charge on any atom is 0.416 e. The molecule has 0 spiro atoms. The third-order valence-electron chi connectivity index (χ3n) is 3.99. The molecule has 0 radical (unpaired) electrons. The molecule has 0 saturated carbocycles. The summed E-state index contributed by atoms with van der Waals surface area (Å²) >= 11 is 12.2. The van der Waals surface area contributed by atoms with Gasteiger partial charge in [-0.25, -0.2) is 0 Å². The van der Waals surface area contributed by atoms with Gasteiger partial charge in [-0.1, -0.05) is 41.4 Å². The van der Waals surface area contributed by atoms with E-state index in [0.717, 1.165) is 12.1 Å². The van der Waals surface area contributed by atoms with Crippen LogP contribution < -0.4 is 5.43 Å². The van der Waals surface area contributed by atoms with E-state index in [1.807, 2.05) is 5.01 Å². The van der Waals surface area contributed by atoms with Crippen LogP contribution in [0.3, 0.4) is 0 Å². The molecule has 1 N–H and O–H groups in total. The van der Waals surface area contributed by atoms with Crippen molar-refractivity contribution in [2.24, 2.45) is 4.99 Å². The highest BCUT2D eigenvalue weighted by Crippen LogP contribution is 2.32. The highest BCUT2D eigenvalue weighted by atomic mass is 35.5. The number of nitrogens with zero attached hydrogens (tertiary/aromatic N) is 2. The molecule has 1 heterocycles. The summed E-state index contributed by atoms with van der Waals surface area (Å²) in [5.74, 6) is 0. The Hall–Kier alpha value is -1.80. The summed E-state index contributed by atoms with van der Waals surface area (Å²) in [6.45, 7) is 0.844. The minimum atomic E-state index is -4.40. The number of benzene rings is 2. The second kappa shape index (κ2) is 8.48. The van der Waals surface area contributed by atoms with E-state index in [0.29, 0.717) is 34.4 Å². The Labute approximate surface area is 164 Å². The fourth-order valence-electron chi connectivity index (χ4n) is 2.65. The number of aliphatic imine (C=N–C) groups is 1. The van der Waals surface area contributed by atoms with Gasteiger partial charge in [-0.05, 0) is 29.8 Å². The van der Waals surface area contributed by atoms with Crippen LogP contribution in [0, 0.1) is 0 Å². The Morgan fingerprint density at radius 2 is 2.00 bits per heavy atom. The van der Waals surface area contributed by atoms with Gasteiger partial charge < -0.3 is 10.2 Å². The van der Waals surface area contributed by atoms with Crippen molar-refractivity contribution < 1.29 is 17.9 Å². The molecule has 27 heavy (non-hydrogen) atoms. The summed E-state index contributed by atoms with van der Waals surface area (Å²) < 4.78 is 44.6. The van der Waals surface area contributed by atoms with Crippen LogP contribution in [-0.4, -0.2) is 24.6 Å². The van der Waals surface area contributed by atoms with Gasteiger partial charge in [0.25, 0.3) is 0 Å². The number of halogens is 5. The molecule has 0 fully saturated rings. The Bertz CT molecular complexity index is 822. The predicted molar refractivity (Wildman–Crippen MR) is 98.6 cm³/mol. The van der Waals surface area contributed by atoms with Gasteiger partial charge in [-0.2, -0.15) is 18.2 Å². The maximum absolute atomic E-state index is 12.9. The summed E-state index contributed by atoms with van der Waals surface area (Å²) in [4.78, 5) is 4.06. The van der Waals surface area contributed by atoms with Gasteiger partial charge >= 0.3 is 6.18 Å². The highest BCUT2D eigenvalue weighted by Gasteiger charge is 2.30. The lowest BCUT2D eigenvalue weighted by Crippen LogP contribution is -2.36. The van der Waals surface area contributed by atoms with Crippen LogP contribution in [-0.2, 0) is 17.5 Å². The fourth-order valence-corrected chi connectivity index (χ4v) is 3.18. The first-order chi connectivity index (χ1) is 12.8. The topological polar surface area (TPSA) is 36.9 Å². The third-order valence-corrected chi connectivity index (χ3v) is 4.55. The normalized spacial score (nSPS) is 15.7. The van der Waals surface area contributed by atoms with Gasteiger partial charge in [-0.3, -0.25) is 4.99 Å². The molecule has 2 aromatic carbocycles. The molecule has 9 heteroatoms. The standard InChI is InChI=1S/C18H16Cl2F3N3O/c19-14-4-5-15(16(20)7-14)17(8-26-11-24-10-25-26)27-9-12-2-1-3-13(6-12)18(21,22)23/h1-7,10,17H,8-9,11H2,(H,24,25). The summed E-state index contributed by atoms with van der Waals surface area (Å²) in [5.41, 5.74) is 3.37. The zero-order valence-electron chi connectivity index (χ0n) is 14.0. The Morgan fingerprint density at radius 3 is 2.67 bits per heavy atom. The molecule has 3 rings (SSSR count). The monoisotopic (exact) mass is 417 g/mol. The average Bonchev–Trinajstić information content (AvgIpc) is 3.11. The predicted octanol–water partition coefficient (Wildman–Crippen LogP) is 5.08. The first kappa shape index (κ1) is 19.9. The second-order valence-electron chi connectivity index (χ2n) is 5.97. The Morgan fingerprint density at radius 1 is 1.19 bits per heavy atom. The van der Waals surface area contributed by atoms with Crippen molar-refractivity contribution >= 4 is 29.5 Å². The average molecular weight is 418 g/mol. The summed E-state index contributed by atoms with van der Waals surface area (Å²) in [6.07, 6.45) is -3.32. The smallest absolute Gasteiger partial charge is 0.367 e. The largest absolute Gasteiger partial charge is 0.416 e. The molecule has 0 amide bonds. The molecule has 0 aromatic heterocycles. The molecule has 1 aliphatic heterocycles. The summed E-state index contributed by atoms with van der Waals surface area (Å²) in [5, 5.41) is 2.72. The van der Waals surface area contributed by atoms with Crippen molar-refractivity contribution in [3.63, 3.8) is 0 Å². The second-order valence-corrected chi connectivity index (χ2v) is 6.81. The number of nitrogens with one attached hydrogen (secondary N) is 1. The van der Waals surface area contributed by atoms with Crippen molar-refractivity contribution in [2.45, 2.75) is 18.9 Å². The number of rotatable bonds is 6. The van der Waals surface area contributed by atoms with Gasteiger partial charge in [0.15, 0.2) is 0 Å². The summed E-state index contributed by atoms with van der Waals surface area (Å²) in [7, 11) is 0. The zero-order chi connectivity index (χ0) is 19.4. The van der Waals surface area contributed by atoms with Crippen molar-refractivity contribution in [2.75, 3.05) is 13.2 Å². The molecule has 0 aliphatic carbocycles. The van der Waals surface area contributed by atoms with Crippen molar-refractivity contribution in [3.05, 3.63) is 69.2 Å². The minimum absolute atomic E-state index is 0.00222. The molecule has 0 saturated heterocycles. The van der Waals surface area contributed by atoms with Crippen LogP contribution >= 0.6 is 23.2 Å². The molecule has 1 aliphatic rings. The third kappa shape index (κ3) is 5.35. The van der Waals surface area contributed by atoms with Crippen LogP contribution in [0.15, 0.2) is 47.5 Å². The molecule has 144 valence electrons. The first-order valence-electron chi connectivity index (χ1n) is 8.05. The van der Waals surface area contributed by atoms with E-state index in [-0.39, 0.29) is 6.61 Å². The van der Waals surface area contributed by atoms with Crippen molar-refractivity contribution in [1.82, 2.24) is 10.4 Å². The highest BCUT2D eigenvalue weighted by molar-refractivity contribution is 6.35. The van der Waals surface area contributed by atoms with Gasteiger partial charge in [-0.15, -0.1) is 0 Å². The molecule has 4 nitrogen and oxygen atoms in total. The van der Waals surface area contributed by atoms with E-state index in [9.17, 15) is 13.2 Å². The number of alkyl halides is 3. The van der Waals surface area contributed by atoms with Crippen LogP contribution in [0.1, 0.15) is 22.8 Å². The van der Waals surface area contributed by atoms with E-state index < -0.39 is 17.8 Å². The molecule has 1 atom stereocenters. The zero-order valence-corrected chi connectivity index (χ0v) is 15.5. The number of hydrogen-bond donors (Lipinski definition) is 1. The van der Waals surface area contributed by atoms with E-state index >= 15 is 0 Å². The maximum atomic E-state index is 12.9. The van der Waals surface area contributed by atoms with Gasteiger partial charge in [0.05, 0.1) is 31.2 Å². The Kier molecular flexibility index (Phi) is 6.26. The number of hydrazine groups is 1. The first-order valence-corrected chi connectivity index (χ1v) is 8.80. The number of ether oxygens (including phenoxy) is 1. The van der Waals surface area contributed by atoms with Gasteiger partial charge in [0.2, 0.25) is 0 Å². The number of hydrogen-bond acceptors (Lipinski definition) is 4. The Balaban J connectivity index is 1.77. The van der Waals surface area contributed by atoms with Crippen LogP contribution in [0.5, 0.6) is 0 Å². The quantitative estimate of drug-likeness (QED) is 0.712. The van der Waals surface area contributed by atoms with E-state index in [4.69, 9.17) is 27.9 Å². The SMILES string of the molecule is FC(F)(F)c1cccc(COC(CN2CN=CN2)c2ccc(Cl)cc2Cl)c1. The van der Waals surface area contributed by atoms with E-state index in [2.05, 4.69) is 10.4 Å². The van der Waals surface area contributed by atoms with E-state index in [1.54, 1.807) is 30.6 Å². The van der Waals surface area contributed by atoms with E-state index in [1.165, 1.54) is 6.07 Å². The lowest BCUT2D eigenvalue weighted by molar-refractivity contribution is -0.137. The molecular formula is C18H16Cl2F3N3O. The molecule has 0 bridgehead atoms. The van der Waals surface area contributed by atoms with Gasteiger partial charge in [0.1, 0.15) is 6.67 Å². The fraction of sp³-hybridized carbons (Fsp3) is 0.278. The molecular weight excluding hydrogens is 402 g/mol. The van der Waals surface area contributed by atoms with Crippen molar-refractivity contribution in [1.29, 1.82) is 0 Å². The van der Waals surface area contributed by atoms with Crippen molar-refractivity contribution in [3.8, 4) is 0 Å². The lowest BCUT2D eigenvalue weighted by Gasteiger charge is -2.24. The van der Waals surface area contributed by atoms with Crippen LogP contribution in [0.25, 0.3) is 0 Å². The molecule has 2 aromatic rings. The summed E-state index contributed by atoms with van der Waals surface area (Å²) in [6, 6.07) is 10.1.